The number of rotatable bonds is 6. The Morgan fingerprint density at radius 3 is 2.30 bits per heavy atom. The second-order valence-corrected chi connectivity index (χ2v) is 11.8. The first-order valence-electron chi connectivity index (χ1n) is 13.2. The first kappa shape index (κ1) is 24.3. The molecule has 182 valence electrons. The van der Waals surface area contributed by atoms with E-state index in [-0.39, 0.29) is 5.97 Å². The number of hydrogen-bond donors (Lipinski definition) is 0. The minimum atomic E-state index is -0.451. The van der Waals surface area contributed by atoms with Crippen molar-refractivity contribution in [2.24, 2.45) is 17.3 Å². The number of benzene rings is 1. The van der Waals surface area contributed by atoms with Crippen LogP contribution in [0.2, 0.25) is 0 Å². The number of nitrogens with zero attached hydrogens (tertiary/aromatic N) is 2. The van der Waals surface area contributed by atoms with Crippen LogP contribution in [0, 0.1) is 17.3 Å². The number of carbonyl (C=O) groups excluding carboxylic acids is 1. The summed E-state index contributed by atoms with van der Waals surface area (Å²) >= 11 is 0. The molecule has 4 heteroatoms. The maximum Gasteiger partial charge on any atom is 0.311 e. The molecule has 1 saturated heterocycles. The molecular weight excluding hydrogens is 408 g/mol. The normalized spacial score (nSPS) is 23.3. The summed E-state index contributed by atoms with van der Waals surface area (Å²) in [6, 6.07) is 12.3. The molecular formula is C29H44N2O2. The van der Waals surface area contributed by atoms with Crippen LogP contribution in [0.1, 0.15) is 84.9 Å². The Kier molecular flexibility index (Phi) is 7.53. The van der Waals surface area contributed by atoms with E-state index in [0.717, 1.165) is 24.3 Å². The second kappa shape index (κ2) is 10.2. The van der Waals surface area contributed by atoms with Crippen molar-refractivity contribution in [3.63, 3.8) is 0 Å². The number of esters is 1. The third kappa shape index (κ3) is 5.65. The van der Waals surface area contributed by atoms with Crippen molar-refractivity contribution in [1.29, 1.82) is 0 Å². The number of ether oxygens (including phenoxy) is 1. The van der Waals surface area contributed by atoms with Crippen molar-refractivity contribution < 1.29 is 9.53 Å². The maximum atomic E-state index is 12.2. The lowest BCUT2D eigenvalue weighted by molar-refractivity contribution is -0.152. The average Bonchev–Trinajstić information content (AvgIpc) is 3.17. The molecule has 0 unspecified atom stereocenters. The van der Waals surface area contributed by atoms with Crippen LogP contribution in [-0.2, 0) is 16.0 Å². The molecule has 1 aromatic heterocycles. The molecule has 2 heterocycles. The molecule has 1 saturated carbocycles. The molecule has 2 aliphatic rings. The van der Waals surface area contributed by atoms with Crippen LogP contribution < -0.4 is 0 Å². The molecule has 1 aliphatic carbocycles. The summed E-state index contributed by atoms with van der Waals surface area (Å²) in [4.78, 5) is 15.0. The van der Waals surface area contributed by atoms with Gasteiger partial charge in [-0.3, -0.25) is 4.79 Å². The lowest BCUT2D eigenvalue weighted by Gasteiger charge is -2.42. The average molecular weight is 453 g/mol. The first-order valence-corrected chi connectivity index (χ1v) is 13.2. The number of piperidine rings is 1. The van der Waals surface area contributed by atoms with Gasteiger partial charge in [0.2, 0.25) is 0 Å². The Labute approximate surface area is 200 Å². The summed E-state index contributed by atoms with van der Waals surface area (Å²) in [5.74, 6) is 1.64. The zero-order valence-electron chi connectivity index (χ0n) is 21.5. The Hall–Kier alpha value is -1.81. The van der Waals surface area contributed by atoms with Crippen LogP contribution in [0.15, 0.2) is 30.3 Å². The fourth-order valence-electron chi connectivity index (χ4n) is 5.96. The third-order valence-electron chi connectivity index (χ3n) is 8.10. The zero-order chi connectivity index (χ0) is 23.6. The molecule has 4 rings (SSSR count). The maximum absolute atomic E-state index is 12.2. The van der Waals surface area contributed by atoms with Gasteiger partial charge < -0.3 is 14.2 Å². The van der Waals surface area contributed by atoms with Gasteiger partial charge in [-0.2, -0.15) is 0 Å². The SMILES string of the molecule is CC(C)[C@H]1CC[C@@H](N2CCC(n3c(CCOC(=O)C(C)(C)C)cc4ccccc43)CC2)CC1. The predicted octanol–water partition coefficient (Wildman–Crippen LogP) is 6.62. The van der Waals surface area contributed by atoms with Gasteiger partial charge in [0.25, 0.3) is 0 Å². The highest BCUT2D eigenvalue weighted by Crippen LogP contribution is 2.36. The van der Waals surface area contributed by atoms with E-state index < -0.39 is 5.41 Å². The monoisotopic (exact) mass is 452 g/mol. The van der Waals surface area contributed by atoms with Gasteiger partial charge in [-0.05, 0) is 88.7 Å². The van der Waals surface area contributed by atoms with Crippen molar-refractivity contribution >= 4 is 16.9 Å². The molecule has 2 fully saturated rings. The van der Waals surface area contributed by atoms with Crippen molar-refractivity contribution in [2.75, 3.05) is 19.7 Å². The van der Waals surface area contributed by atoms with Crippen LogP contribution >= 0.6 is 0 Å². The van der Waals surface area contributed by atoms with Crippen LogP contribution in [0.4, 0.5) is 0 Å². The number of aromatic nitrogens is 1. The van der Waals surface area contributed by atoms with Crippen molar-refractivity contribution in [3.05, 3.63) is 36.0 Å². The van der Waals surface area contributed by atoms with Gasteiger partial charge in [-0.1, -0.05) is 32.0 Å². The molecule has 0 amide bonds. The van der Waals surface area contributed by atoms with E-state index >= 15 is 0 Å². The number of likely N-dealkylation sites (tertiary alicyclic amines) is 1. The van der Waals surface area contributed by atoms with Crippen molar-refractivity contribution in [1.82, 2.24) is 9.47 Å². The van der Waals surface area contributed by atoms with Crippen molar-refractivity contribution in [3.8, 4) is 0 Å². The van der Waals surface area contributed by atoms with Crippen molar-refractivity contribution in [2.45, 2.75) is 91.6 Å². The minimum absolute atomic E-state index is 0.120. The van der Waals surface area contributed by atoms with Crippen LogP contribution in [0.25, 0.3) is 10.9 Å². The molecule has 33 heavy (non-hydrogen) atoms. The molecule has 0 atom stereocenters. The summed E-state index contributed by atoms with van der Waals surface area (Å²) in [6.07, 6.45) is 8.75. The largest absolute Gasteiger partial charge is 0.465 e. The molecule has 4 nitrogen and oxygen atoms in total. The number of hydrogen-bond acceptors (Lipinski definition) is 3. The quantitative estimate of drug-likeness (QED) is 0.462. The molecule has 2 aromatic rings. The van der Waals surface area contributed by atoms with Crippen LogP contribution in [0.3, 0.4) is 0 Å². The fourth-order valence-corrected chi connectivity index (χ4v) is 5.96. The predicted molar refractivity (Wildman–Crippen MR) is 136 cm³/mol. The first-order chi connectivity index (χ1) is 15.7. The molecule has 1 aromatic carbocycles. The van der Waals surface area contributed by atoms with E-state index in [9.17, 15) is 4.79 Å². The zero-order valence-corrected chi connectivity index (χ0v) is 21.5. The Morgan fingerprint density at radius 1 is 1.00 bits per heavy atom. The van der Waals surface area contributed by atoms with E-state index in [1.54, 1.807) is 0 Å². The Morgan fingerprint density at radius 2 is 1.67 bits per heavy atom. The fraction of sp³-hybridized carbons (Fsp3) is 0.690. The Balaban J connectivity index is 1.41. The van der Waals surface area contributed by atoms with E-state index in [0.29, 0.717) is 12.6 Å². The van der Waals surface area contributed by atoms with E-state index in [4.69, 9.17) is 4.74 Å². The number of para-hydroxylation sites is 1. The summed E-state index contributed by atoms with van der Waals surface area (Å²) in [7, 11) is 0. The standard InChI is InChI=1S/C29H44N2O2/c1-21(2)22-10-12-24(13-11-22)30-17-14-25(15-18-30)31-26(16-19-33-28(32)29(3,4)5)20-23-8-6-7-9-27(23)31/h6-9,20-22,24-25H,10-19H2,1-5H3/t22-,24+. The Bertz CT molecular complexity index is 923. The molecule has 0 spiro atoms. The summed E-state index contributed by atoms with van der Waals surface area (Å²) < 4.78 is 8.17. The highest BCUT2D eigenvalue weighted by atomic mass is 16.5. The van der Waals surface area contributed by atoms with E-state index in [1.165, 1.54) is 68.2 Å². The van der Waals surface area contributed by atoms with E-state index in [1.807, 2.05) is 20.8 Å². The smallest absolute Gasteiger partial charge is 0.311 e. The molecule has 1 aliphatic heterocycles. The van der Waals surface area contributed by atoms with E-state index in [2.05, 4.69) is 53.6 Å². The van der Waals surface area contributed by atoms with Gasteiger partial charge in [0.05, 0.1) is 12.0 Å². The summed E-state index contributed by atoms with van der Waals surface area (Å²) in [5.41, 5.74) is 2.17. The topological polar surface area (TPSA) is 34.5 Å². The van der Waals surface area contributed by atoms with Gasteiger partial charge in [-0.25, -0.2) is 0 Å². The number of carbonyl (C=O) groups is 1. The van der Waals surface area contributed by atoms with Crippen LogP contribution in [0.5, 0.6) is 0 Å². The molecule has 0 radical (unpaired) electrons. The van der Waals surface area contributed by atoms with Gasteiger partial charge in [0, 0.05) is 42.8 Å². The second-order valence-electron chi connectivity index (χ2n) is 11.8. The summed E-state index contributed by atoms with van der Waals surface area (Å²) in [6.45, 7) is 13.4. The van der Waals surface area contributed by atoms with Gasteiger partial charge >= 0.3 is 5.97 Å². The lowest BCUT2D eigenvalue weighted by Crippen LogP contribution is -2.44. The van der Waals surface area contributed by atoms with Crippen LogP contribution in [-0.4, -0.2) is 41.2 Å². The number of fused-ring (bicyclic) bond motifs is 1. The molecule has 0 bridgehead atoms. The summed E-state index contributed by atoms with van der Waals surface area (Å²) in [5, 5.41) is 1.30. The highest BCUT2D eigenvalue weighted by molar-refractivity contribution is 5.81. The third-order valence-corrected chi connectivity index (χ3v) is 8.10. The molecule has 0 N–H and O–H groups in total. The minimum Gasteiger partial charge on any atom is -0.465 e. The van der Waals surface area contributed by atoms with Gasteiger partial charge in [0.1, 0.15) is 0 Å². The van der Waals surface area contributed by atoms with Gasteiger partial charge in [-0.15, -0.1) is 0 Å². The van der Waals surface area contributed by atoms with Gasteiger partial charge in [0.15, 0.2) is 0 Å². The highest BCUT2D eigenvalue weighted by Gasteiger charge is 2.31. The lowest BCUT2D eigenvalue weighted by atomic mass is 9.79.